The molecule has 1 unspecified atom stereocenters. The molecule has 1 fully saturated rings. The Labute approximate surface area is 119 Å². The van der Waals surface area contributed by atoms with Crippen LogP contribution in [0.2, 0.25) is 0 Å². The van der Waals surface area contributed by atoms with Crippen molar-refractivity contribution >= 4 is 38.9 Å². The molecule has 2 heterocycles. The number of halogens is 2. The minimum Gasteiger partial charge on any atom is -0.338 e. The molecular weight excluding hydrogens is 285 g/mol. The standard InChI is InChI=1S/C14H13ClFNOS/c15-7-9-3-4-17(8-9)14(18)13-5-10-1-2-11(16)6-12(10)19-13/h1-2,5-6,9H,3-4,7-8H2. The number of nitrogens with zero attached hydrogens (tertiary/aromatic N) is 1. The monoisotopic (exact) mass is 297 g/mol. The first-order valence-electron chi connectivity index (χ1n) is 6.21. The molecular formula is C14H13ClFNOS. The van der Waals surface area contributed by atoms with Gasteiger partial charge >= 0.3 is 0 Å². The first-order chi connectivity index (χ1) is 9.17. The van der Waals surface area contributed by atoms with Gasteiger partial charge in [-0.1, -0.05) is 6.07 Å². The Kier molecular flexibility index (Phi) is 3.46. The van der Waals surface area contributed by atoms with E-state index in [1.165, 1.54) is 23.5 Å². The quantitative estimate of drug-likeness (QED) is 0.773. The number of thiophene rings is 1. The molecule has 3 rings (SSSR count). The number of benzene rings is 1. The number of likely N-dealkylation sites (tertiary alicyclic amines) is 1. The lowest BCUT2D eigenvalue weighted by atomic mass is 10.2. The van der Waals surface area contributed by atoms with Crippen LogP contribution in [-0.2, 0) is 0 Å². The van der Waals surface area contributed by atoms with Gasteiger partial charge in [-0.25, -0.2) is 4.39 Å². The average Bonchev–Trinajstić information content (AvgIpc) is 3.03. The number of amides is 1. The van der Waals surface area contributed by atoms with E-state index in [1.54, 1.807) is 6.07 Å². The van der Waals surface area contributed by atoms with Crippen molar-refractivity contribution < 1.29 is 9.18 Å². The highest BCUT2D eigenvalue weighted by atomic mass is 35.5. The van der Waals surface area contributed by atoms with Crippen LogP contribution in [0.25, 0.3) is 10.1 Å². The van der Waals surface area contributed by atoms with Crippen LogP contribution in [0.5, 0.6) is 0 Å². The molecule has 2 nitrogen and oxygen atoms in total. The fourth-order valence-electron chi connectivity index (χ4n) is 2.41. The van der Waals surface area contributed by atoms with Gasteiger partial charge in [-0.05, 0) is 35.9 Å². The van der Waals surface area contributed by atoms with Crippen LogP contribution in [0.15, 0.2) is 24.3 Å². The van der Waals surface area contributed by atoms with Crippen LogP contribution in [-0.4, -0.2) is 29.8 Å². The van der Waals surface area contributed by atoms with Crippen molar-refractivity contribution in [2.45, 2.75) is 6.42 Å². The van der Waals surface area contributed by atoms with Crippen LogP contribution in [0.4, 0.5) is 4.39 Å². The SMILES string of the molecule is O=C(c1cc2ccc(F)cc2s1)N1CCC(CCl)C1. The Bertz CT molecular complexity index is 627. The molecule has 0 aliphatic carbocycles. The summed E-state index contributed by atoms with van der Waals surface area (Å²) in [6.07, 6.45) is 0.967. The maximum absolute atomic E-state index is 13.1. The first kappa shape index (κ1) is 12.9. The van der Waals surface area contributed by atoms with Crippen molar-refractivity contribution in [3.8, 4) is 0 Å². The van der Waals surface area contributed by atoms with Crippen LogP contribution < -0.4 is 0 Å². The molecule has 1 amide bonds. The molecule has 1 aliphatic heterocycles. The molecule has 0 spiro atoms. The van der Waals surface area contributed by atoms with Crippen molar-refractivity contribution in [2.24, 2.45) is 5.92 Å². The Hall–Kier alpha value is -1.13. The van der Waals surface area contributed by atoms with Crippen molar-refractivity contribution in [1.82, 2.24) is 4.90 Å². The maximum Gasteiger partial charge on any atom is 0.263 e. The zero-order valence-corrected chi connectivity index (χ0v) is 11.8. The van der Waals surface area contributed by atoms with Gasteiger partial charge in [0.05, 0.1) is 4.88 Å². The van der Waals surface area contributed by atoms with E-state index in [9.17, 15) is 9.18 Å². The second-order valence-corrected chi connectivity index (χ2v) is 6.25. The van der Waals surface area contributed by atoms with E-state index in [4.69, 9.17) is 11.6 Å². The van der Waals surface area contributed by atoms with Crippen LogP contribution in [0.1, 0.15) is 16.1 Å². The molecule has 2 aromatic rings. The lowest BCUT2D eigenvalue weighted by Crippen LogP contribution is -2.28. The minimum atomic E-state index is -0.267. The lowest BCUT2D eigenvalue weighted by Gasteiger charge is -2.14. The zero-order valence-electron chi connectivity index (χ0n) is 10.2. The molecule has 0 radical (unpaired) electrons. The Morgan fingerprint density at radius 3 is 3.05 bits per heavy atom. The first-order valence-corrected chi connectivity index (χ1v) is 7.57. The number of hydrogen-bond acceptors (Lipinski definition) is 2. The molecule has 0 bridgehead atoms. The second kappa shape index (κ2) is 5.10. The molecule has 1 aromatic heterocycles. The Morgan fingerprint density at radius 2 is 2.32 bits per heavy atom. The van der Waals surface area contributed by atoms with Gasteiger partial charge in [0, 0.05) is 23.7 Å². The summed E-state index contributed by atoms with van der Waals surface area (Å²) in [6, 6.07) is 6.45. The van der Waals surface area contributed by atoms with Gasteiger partial charge in [0.2, 0.25) is 0 Å². The Morgan fingerprint density at radius 1 is 1.47 bits per heavy atom. The number of carbonyl (C=O) groups excluding carboxylic acids is 1. The molecule has 0 N–H and O–H groups in total. The van der Waals surface area contributed by atoms with Crippen LogP contribution in [0, 0.1) is 11.7 Å². The van der Waals surface area contributed by atoms with E-state index in [-0.39, 0.29) is 11.7 Å². The summed E-state index contributed by atoms with van der Waals surface area (Å²) in [6.45, 7) is 1.49. The fourth-order valence-corrected chi connectivity index (χ4v) is 3.72. The minimum absolute atomic E-state index is 0.0363. The molecule has 1 saturated heterocycles. The van der Waals surface area contributed by atoms with Crippen molar-refractivity contribution in [1.29, 1.82) is 0 Å². The number of rotatable bonds is 2. The summed E-state index contributed by atoms with van der Waals surface area (Å²) in [5, 5.41) is 0.919. The lowest BCUT2D eigenvalue weighted by molar-refractivity contribution is 0.0793. The molecule has 100 valence electrons. The highest BCUT2D eigenvalue weighted by molar-refractivity contribution is 7.20. The largest absolute Gasteiger partial charge is 0.338 e. The highest BCUT2D eigenvalue weighted by Crippen LogP contribution is 2.29. The van der Waals surface area contributed by atoms with Crippen molar-refractivity contribution in [3.05, 3.63) is 35.0 Å². The van der Waals surface area contributed by atoms with E-state index in [1.807, 2.05) is 11.0 Å². The van der Waals surface area contributed by atoms with E-state index in [2.05, 4.69) is 0 Å². The van der Waals surface area contributed by atoms with Crippen molar-refractivity contribution in [2.75, 3.05) is 19.0 Å². The number of hydrogen-bond donors (Lipinski definition) is 0. The molecule has 1 aliphatic rings. The smallest absolute Gasteiger partial charge is 0.263 e. The third-order valence-corrected chi connectivity index (χ3v) is 5.01. The van der Waals surface area contributed by atoms with Gasteiger partial charge < -0.3 is 4.90 Å². The molecule has 0 saturated carbocycles. The van der Waals surface area contributed by atoms with E-state index >= 15 is 0 Å². The van der Waals surface area contributed by atoms with Gasteiger partial charge in [0.1, 0.15) is 5.82 Å². The van der Waals surface area contributed by atoms with E-state index in [0.717, 1.165) is 29.6 Å². The summed E-state index contributed by atoms with van der Waals surface area (Å²) in [7, 11) is 0. The molecule has 5 heteroatoms. The number of carbonyl (C=O) groups is 1. The van der Waals surface area contributed by atoms with Crippen molar-refractivity contribution in [3.63, 3.8) is 0 Å². The van der Waals surface area contributed by atoms with Gasteiger partial charge in [0.25, 0.3) is 5.91 Å². The maximum atomic E-state index is 13.1. The summed E-state index contributed by atoms with van der Waals surface area (Å²) in [5.74, 6) is 0.768. The zero-order chi connectivity index (χ0) is 13.4. The fraction of sp³-hybridized carbons (Fsp3) is 0.357. The van der Waals surface area contributed by atoms with E-state index < -0.39 is 0 Å². The molecule has 1 aromatic carbocycles. The Balaban J connectivity index is 1.86. The predicted molar refractivity (Wildman–Crippen MR) is 76.5 cm³/mol. The summed E-state index contributed by atoms with van der Waals surface area (Å²) in [4.78, 5) is 14.9. The third-order valence-electron chi connectivity index (χ3n) is 3.48. The topological polar surface area (TPSA) is 20.3 Å². The highest BCUT2D eigenvalue weighted by Gasteiger charge is 2.27. The van der Waals surface area contributed by atoms with Gasteiger partial charge in [0.15, 0.2) is 0 Å². The average molecular weight is 298 g/mol. The number of alkyl halides is 1. The van der Waals surface area contributed by atoms with Gasteiger partial charge in [-0.15, -0.1) is 22.9 Å². The third kappa shape index (κ3) is 2.47. The number of fused-ring (bicyclic) bond motifs is 1. The van der Waals surface area contributed by atoms with Crippen LogP contribution >= 0.6 is 22.9 Å². The predicted octanol–water partition coefficient (Wildman–Crippen LogP) is 3.74. The normalized spacial score (nSPS) is 19.3. The van der Waals surface area contributed by atoms with Crippen LogP contribution in [0.3, 0.4) is 0 Å². The van der Waals surface area contributed by atoms with Gasteiger partial charge in [-0.3, -0.25) is 4.79 Å². The second-order valence-electron chi connectivity index (χ2n) is 4.85. The summed E-state index contributed by atoms with van der Waals surface area (Å²) < 4.78 is 14.0. The van der Waals surface area contributed by atoms with Gasteiger partial charge in [-0.2, -0.15) is 0 Å². The summed E-state index contributed by atoms with van der Waals surface area (Å²) in [5.41, 5.74) is 0. The van der Waals surface area contributed by atoms with E-state index in [0.29, 0.717) is 16.7 Å². The summed E-state index contributed by atoms with van der Waals surface area (Å²) >= 11 is 7.18. The molecule has 1 atom stereocenters. The molecule has 19 heavy (non-hydrogen) atoms.